The fraction of sp³-hybridized carbons (Fsp3) is 0.733. The predicted molar refractivity (Wildman–Crippen MR) is 69.0 cm³/mol. The molecule has 0 aromatic carbocycles. The first-order chi connectivity index (χ1) is 8.16. The van der Waals surface area contributed by atoms with Gasteiger partial charge < -0.3 is 9.52 Å². The first kappa shape index (κ1) is 12.7. The summed E-state index contributed by atoms with van der Waals surface area (Å²) < 4.78 is 5.47. The van der Waals surface area contributed by atoms with E-state index in [1.807, 2.05) is 19.9 Å². The molecule has 1 N–H and O–H groups in total. The van der Waals surface area contributed by atoms with Gasteiger partial charge in [0.25, 0.3) is 0 Å². The molecule has 1 saturated carbocycles. The fourth-order valence-corrected chi connectivity index (χ4v) is 3.01. The van der Waals surface area contributed by atoms with E-state index in [-0.39, 0.29) is 6.10 Å². The molecule has 0 amide bonds. The Morgan fingerprint density at radius 1 is 1.29 bits per heavy atom. The Morgan fingerprint density at radius 3 is 2.59 bits per heavy atom. The standard InChI is InChI=1S/C15H24O2/c1-11-10-14(12(2)17-11)15(16)9-8-13-6-4-3-5-7-13/h10,13,15-16H,3-9H2,1-2H3. The summed E-state index contributed by atoms with van der Waals surface area (Å²) in [4.78, 5) is 0. The molecule has 1 aromatic rings. The number of aryl methyl sites for hydroxylation is 2. The van der Waals surface area contributed by atoms with Crippen LogP contribution in [0.2, 0.25) is 0 Å². The number of aliphatic hydroxyl groups is 1. The zero-order chi connectivity index (χ0) is 12.3. The molecule has 1 aliphatic carbocycles. The Labute approximate surface area is 104 Å². The second-order valence-corrected chi connectivity index (χ2v) is 5.47. The average molecular weight is 236 g/mol. The number of hydrogen-bond acceptors (Lipinski definition) is 2. The average Bonchev–Trinajstić information content (AvgIpc) is 2.67. The topological polar surface area (TPSA) is 33.4 Å². The van der Waals surface area contributed by atoms with Crippen LogP contribution in [0.4, 0.5) is 0 Å². The van der Waals surface area contributed by atoms with Crippen molar-refractivity contribution < 1.29 is 9.52 Å². The third kappa shape index (κ3) is 3.35. The van der Waals surface area contributed by atoms with Gasteiger partial charge in [0.1, 0.15) is 11.5 Å². The van der Waals surface area contributed by atoms with Gasteiger partial charge in [-0.2, -0.15) is 0 Å². The quantitative estimate of drug-likeness (QED) is 0.846. The van der Waals surface area contributed by atoms with Crippen LogP contribution >= 0.6 is 0 Å². The smallest absolute Gasteiger partial charge is 0.106 e. The summed E-state index contributed by atoms with van der Waals surface area (Å²) in [7, 11) is 0. The highest BCUT2D eigenvalue weighted by molar-refractivity contribution is 5.22. The Morgan fingerprint density at radius 2 is 2.00 bits per heavy atom. The molecule has 17 heavy (non-hydrogen) atoms. The lowest BCUT2D eigenvalue weighted by atomic mass is 9.85. The van der Waals surface area contributed by atoms with E-state index < -0.39 is 0 Å². The molecule has 1 aromatic heterocycles. The predicted octanol–water partition coefficient (Wildman–Crippen LogP) is 4.29. The molecule has 96 valence electrons. The Hall–Kier alpha value is -0.760. The van der Waals surface area contributed by atoms with Crippen LogP contribution in [-0.2, 0) is 0 Å². The fourth-order valence-electron chi connectivity index (χ4n) is 3.01. The maximum absolute atomic E-state index is 10.2. The highest BCUT2D eigenvalue weighted by Gasteiger charge is 2.18. The highest BCUT2D eigenvalue weighted by Crippen LogP contribution is 2.31. The van der Waals surface area contributed by atoms with Gasteiger partial charge in [-0.1, -0.05) is 32.1 Å². The zero-order valence-corrected chi connectivity index (χ0v) is 11.0. The number of hydrogen-bond donors (Lipinski definition) is 1. The Balaban J connectivity index is 1.84. The van der Waals surface area contributed by atoms with Crippen LogP contribution in [0.15, 0.2) is 10.5 Å². The van der Waals surface area contributed by atoms with Crippen LogP contribution in [-0.4, -0.2) is 5.11 Å². The molecule has 1 aliphatic rings. The summed E-state index contributed by atoms with van der Waals surface area (Å²) in [5.74, 6) is 2.61. The molecule has 1 unspecified atom stereocenters. The molecule has 1 fully saturated rings. The summed E-state index contributed by atoms with van der Waals surface area (Å²) in [5, 5.41) is 10.2. The molecule has 0 saturated heterocycles. The highest BCUT2D eigenvalue weighted by atomic mass is 16.3. The van der Waals surface area contributed by atoms with Gasteiger partial charge in [-0.25, -0.2) is 0 Å². The van der Waals surface area contributed by atoms with Gasteiger partial charge in [-0.05, 0) is 38.7 Å². The van der Waals surface area contributed by atoms with Crippen molar-refractivity contribution in [2.24, 2.45) is 5.92 Å². The maximum Gasteiger partial charge on any atom is 0.106 e. The van der Waals surface area contributed by atoms with Gasteiger partial charge in [-0.3, -0.25) is 0 Å². The van der Waals surface area contributed by atoms with E-state index >= 15 is 0 Å². The molecule has 2 heteroatoms. The monoisotopic (exact) mass is 236 g/mol. The number of rotatable bonds is 4. The summed E-state index contributed by atoms with van der Waals surface area (Å²) in [5.41, 5.74) is 0.985. The first-order valence-electron chi connectivity index (χ1n) is 6.92. The van der Waals surface area contributed by atoms with Crippen molar-refractivity contribution in [1.82, 2.24) is 0 Å². The Bertz CT molecular complexity index is 348. The minimum Gasteiger partial charge on any atom is -0.466 e. The van der Waals surface area contributed by atoms with E-state index in [9.17, 15) is 5.11 Å². The first-order valence-corrected chi connectivity index (χ1v) is 6.92. The summed E-state index contributed by atoms with van der Waals surface area (Å²) >= 11 is 0. The summed E-state index contributed by atoms with van der Waals surface area (Å²) in [6, 6.07) is 1.97. The van der Waals surface area contributed by atoms with Crippen LogP contribution in [0.25, 0.3) is 0 Å². The molecule has 1 heterocycles. The van der Waals surface area contributed by atoms with Gasteiger partial charge in [0.05, 0.1) is 6.10 Å². The lowest BCUT2D eigenvalue weighted by Gasteiger charge is -2.22. The normalized spacial score (nSPS) is 19.5. The van der Waals surface area contributed by atoms with Crippen LogP contribution in [0.1, 0.15) is 68.1 Å². The van der Waals surface area contributed by atoms with Crippen molar-refractivity contribution in [3.63, 3.8) is 0 Å². The number of furan rings is 1. The lowest BCUT2D eigenvalue weighted by molar-refractivity contribution is 0.149. The van der Waals surface area contributed by atoms with Crippen molar-refractivity contribution in [2.45, 2.75) is 64.9 Å². The molecule has 0 spiro atoms. The maximum atomic E-state index is 10.2. The summed E-state index contributed by atoms with van der Waals surface area (Å²) in [6.07, 6.45) is 8.57. The van der Waals surface area contributed by atoms with E-state index in [2.05, 4.69) is 0 Å². The molecular weight excluding hydrogens is 212 g/mol. The Kier molecular flexibility index (Phi) is 4.27. The van der Waals surface area contributed by atoms with E-state index in [0.29, 0.717) is 0 Å². The molecule has 2 nitrogen and oxygen atoms in total. The molecule has 0 bridgehead atoms. The third-order valence-corrected chi connectivity index (χ3v) is 4.01. The van der Waals surface area contributed by atoms with Crippen LogP contribution < -0.4 is 0 Å². The van der Waals surface area contributed by atoms with Gasteiger partial charge in [-0.15, -0.1) is 0 Å². The zero-order valence-electron chi connectivity index (χ0n) is 11.0. The minimum atomic E-state index is -0.339. The second-order valence-electron chi connectivity index (χ2n) is 5.47. The molecule has 0 radical (unpaired) electrons. The molecular formula is C15H24O2. The SMILES string of the molecule is Cc1cc(C(O)CCC2CCCCC2)c(C)o1. The van der Waals surface area contributed by atoms with Gasteiger partial charge >= 0.3 is 0 Å². The van der Waals surface area contributed by atoms with Crippen molar-refractivity contribution >= 4 is 0 Å². The minimum absolute atomic E-state index is 0.339. The van der Waals surface area contributed by atoms with Gasteiger partial charge in [0, 0.05) is 5.56 Å². The van der Waals surface area contributed by atoms with Crippen LogP contribution in [0.3, 0.4) is 0 Å². The van der Waals surface area contributed by atoms with Crippen LogP contribution in [0.5, 0.6) is 0 Å². The second kappa shape index (κ2) is 5.72. The molecule has 2 rings (SSSR count). The van der Waals surface area contributed by atoms with E-state index in [0.717, 1.165) is 35.8 Å². The van der Waals surface area contributed by atoms with Crippen molar-refractivity contribution in [1.29, 1.82) is 0 Å². The number of aliphatic hydroxyl groups excluding tert-OH is 1. The van der Waals surface area contributed by atoms with E-state index in [1.54, 1.807) is 0 Å². The van der Waals surface area contributed by atoms with Crippen molar-refractivity contribution in [2.75, 3.05) is 0 Å². The third-order valence-electron chi connectivity index (χ3n) is 4.01. The lowest BCUT2D eigenvalue weighted by Crippen LogP contribution is -2.08. The molecule has 0 aliphatic heterocycles. The molecule has 1 atom stereocenters. The van der Waals surface area contributed by atoms with E-state index in [4.69, 9.17) is 4.42 Å². The van der Waals surface area contributed by atoms with Crippen LogP contribution in [0, 0.1) is 19.8 Å². The van der Waals surface area contributed by atoms with Gasteiger partial charge in [0.2, 0.25) is 0 Å². The largest absolute Gasteiger partial charge is 0.466 e. The van der Waals surface area contributed by atoms with Crippen molar-refractivity contribution in [3.05, 3.63) is 23.2 Å². The van der Waals surface area contributed by atoms with Gasteiger partial charge in [0.15, 0.2) is 0 Å². The van der Waals surface area contributed by atoms with E-state index in [1.165, 1.54) is 32.1 Å². The van der Waals surface area contributed by atoms with Crippen molar-refractivity contribution in [3.8, 4) is 0 Å². The summed E-state index contributed by atoms with van der Waals surface area (Å²) in [6.45, 7) is 3.87.